The number of rotatable bonds is 5. The summed E-state index contributed by atoms with van der Waals surface area (Å²) in [6.45, 7) is 10.3. The van der Waals surface area contributed by atoms with Gasteiger partial charge < -0.3 is 4.90 Å². The fraction of sp³-hybridized carbons (Fsp3) is 0.214. The molecule has 0 unspecified atom stereocenters. The summed E-state index contributed by atoms with van der Waals surface area (Å²) in [5.41, 5.74) is 1.74. The third kappa shape index (κ3) is 3.56. The van der Waals surface area contributed by atoms with Crippen LogP contribution >= 0.6 is 15.9 Å². The molecule has 0 spiro atoms. The van der Waals surface area contributed by atoms with Crippen LogP contribution in [0.3, 0.4) is 0 Å². The maximum absolute atomic E-state index is 12.3. The second-order valence-electron chi connectivity index (χ2n) is 3.77. The highest BCUT2D eigenvalue weighted by Gasteiger charge is 2.16. The summed E-state index contributed by atoms with van der Waals surface area (Å²) in [5, 5.41) is 0. The van der Waals surface area contributed by atoms with Gasteiger partial charge in [-0.1, -0.05) is 23.8 Å². The highest BCUT2D eigenvalue weighted by molar-refractivity contribution is 9.10. The molecule has 0 aromatic heterocycles. The Balaban J connectivity index is 3.03. The molecule has 0 aliphatic heterocycles. The molecule has 0 atom stereocenters. The first kappa shape index (κ1) is 13.7. The van der Waals surface area contributed by atoms with E-state index in [9.17, 15) is 4.79 Å². The number of halogens is 1. The van der Waals surface area contributed by atoms with E-state index in [4.69, 9.17) is 0 Å². The Labute approximate surface area is 111 Å². The predicted molar refractivity (Wildman–Crippen MR) is 75.2 cm³/mol. The van der Waals surface area contributed by atoms with Crippen molar-refractivity contribution in [3.8, 4) is 0 Å². The second kappa shape index (κ2) is 6.40. The van der Waals surface area contributed by atoms with E-state index in [0.717, 1.165) is 10.0 Å². The van der Waals surface area contributed by atoms with E-state index >= 15 is 0 Å². The van der Waals surface area contributed by atoms with Gasteiger partial charge in [0.05, 0.1) is 5.56 Å². The number of amides is 1. The summed E-state index contributed by atoms with van der Waals surface area (Å²) in [5.74, 6) is -0.0135. The van der Waals surface area contributed by atoms with Gasteiger partial charge in [0.2, 0.25) is 0 Å². The molecule has 1 rings (SSSR count). The maximum Gasteiger partial charge on any atom is 0.255 e. The number of nitrogens with zero attached hydrogens (tertiary/aromatic N) is 1. The van der Waals surface area contributed by atoms with Gasteiger partial charge >= 0.3 is 0 Å². The Morgan fingerprint density at radius 3 is 2.47 bits per heavy atom. The van der Waals surface area contributed by atoms with Crippen LogP contribution in [0, 0.1) is 6.92 Å². The van der Waals surface area contributed by atoms with Crippen molar-refractivity contribution >= 4 is 21.8 Å². The Morgan fingerprint density at radius 1 is 1.35 bits per heavy atom. The van der Waals surface area contributed by atoms with Gasteiger partial charge in [0, 0.05) is 17.6 Å². The van der Waals surface area contributed by atoms with Crippen molar-refractivity contribution < 1.29 is 4.79 Å². The molecular formula is C14H16BrNO. The van der Waals surface area contributed by atoms with Crippen molar-refractivity contribution in [3.63, 3.8) is 0 Å². The first-order valence-corrected chi connectivity index (χ1v) is 6.16. The van der Waals surface area contributed by atoms with Gasteiger partial charge in [0.15, 0.2) is 0 Å². The lowest BCUT2D eigenvalue weighted by molar-refractivity contribution is 0.0790. The molecule has 1 aromatic carbocycles. The van der Waals surface area contributed by atoms with Gasteiger partial charge in [0.1, 0.15) is 0 Å². The standard InChI is InChI=1S/C14H16BrNO/c1-4-8-16(9-5-2)14(17)12-10-11(3)6-7-13(12)15/h4-7,10H,1-2,8-9H2,3H3. The lowest BCUT2D eigenvalue weighted by atomic mass is 10.1. The van der Waals surface area contributed by atoms with E-state index in [2.05, 4.69) is 29.1 Å². The molecule has 0 aliphatic rings. The third-order valence-electron chi connectivity index (χ3n) is 2.34. The van der Waals surface area contributed by atoms with Crippen molar-refractivity contribution in [1.82, 2.24) is 4.90 Å². The summed E-state index contributed by atoms with van der Waals surface area (Å²) in [6, 6.07) is 5.74. The SMILES string of the molecule is C=CCN(CC=C)C(=O)c1cc(C)ccc1Br. The van der Waals surface area contributed by atoms with Crippen molar-refractivity contribution in [2.75, 3.05) is 13.1 Å². The molecule has 90 valence electrons. The summed E-state index contributed by atoms with van der Waals surface area (Å²) in [4.78, 5) is 14.0. The highest BCUT2D eigenvalue weighted by Crippen LogP contribution is 2.20. The van der Waals surface area contributed by atoms with Crippen LogP contribution in [0.5, 0.6) is 0 Å². The molecule has 0 fully saturated rings. The molecule has 0 heterocycles. The molecule has 0 bridgehead atoms. The largest absolute Gasteiger partial charge is 0.331 e. The molecular weight excluding hydrogens is 278 g/mol. The Bertz CT molecular complexity index is 430. The molecule has 1 amide bonds. The van der Waals surface area contributed by atoms with Crippen LogP contribution in [0.4, 0.5) is 0 Å². The van der Waals surface area contributed by atoms with Gasteiger partial charge in [-0.25, -0.2) is 0 Å². The average molecular weight is 294 g/mol. The molecule has 0 saturated heterocycles. The number of aryl methyl sites for hydroxylation is 1. The van der Waals surface area contributed by atoms with Crippen LogP contribution in [-0.4, -0.2) is 23.9 Å². The summed E-state index contributed by atoms with van der Waals surface area (Å²) in [6.07, 6.45) is 3.43. The lowest BCUT2D eigenvalue weighted by Crippen LogP contribution is -2.31. The van der Waals surface area contributed by atoms with E-state index in [1.165, 1.54) is 0 Å². The monoisotopic (exact) mass is 293 g/mol. The Kier molecular flexibility index (Phi) is 5.16. The number of hydrogen-bond acceptors (Lipinski definition) is 1. The van der Waals surface area contributed by atoms with Gasteiger partial charge in [-0.3, -0.25) is 4.79 Å². The number of carbonyl (C=O) groups is 1. The van der Waals surface area contributed by atoms with E-state index in [1.807, 2.05) is 25.1 Å². The molecule has 1 aromatic rings. The van der Waals surface area contributed by atoms with Crippen molar-refractivity contribution in [1.29, 1.82) is 0 Å². The zero-order valence-corrected chi connectivity index (χ0v) is 11.5. The van der Waals surface area contributed by atoms with Gasteiger partial charge in [-0.15, -0.1) is 13.2 Å². The highest BCUT2D eigenvalue weighted by atomic mass is 79.9. The van der Waals surface area contributed by atoms with E-state index in [-0.39, 0.29) is 5.91 Å². The Hall–Kier alpha value is -1.35. The van der Waals surface area contributed by atoms with Crippen LogP contribution in [0.25, 0.3) is 0 Å². The van der Waals surface area contributed by atoms with Gasteiger partial charge in [-0.2, -0.15) is 0 Å². The minimum atomic E-state index is -0.0135. The van der Waals surface area contributed by atoms with Crippen molar-refractivity contribution in [3.05, 3.63) is 59.1 Å². The van der Waals surface area contributed by atoms with Crippen molar-refractivity contribution in [2.45, 2.75) is 6.92 Å². The van der Waals surface area contributed by atoms with E-state index in [0.29, 0.717) is 18.7 Å². The van der Waals surface area contributed by atoms with Crippen molar-refractivity contribution in [2.24, 2.45) is 0 Å². The fourth-order valence-electron chi connectivity index (χ4n) is 1.53. The van der Waals surface area contributed by atoms with E-state index in [1.54, 1.807) is 17.1 Å². The summed E-state index contributed by atoms with van der Waals surface area (Å²) in [7, 11) is 0. The summed E-state index contributed by atoms with van der Waals surface area (Å²) < 4.78 is 0.811. The first-order chi connectivity index (χ1) is 8.10. The van der Waals surface area contributed by atoms with Crippen LogP contribution < -0.4 is 0 Å². The van der Waals surface area contributed by atoms with Crippen LogP contribution in [0.2, 0.25) is 0 Å². The normalized spacial score (nSPS) is 9.76. The summed E-state index contributed by atoms with van der Waals surface area (Å²) >= 11 is 3.40. The van der Waals surface area contributed by atoms with Crippen LogP contribution in [0.1, 0.15) is 15.9 Å². The second-order valence-corrected chi connectivity index (χ2v) is 4.63. The third-order valence-corrected chi connectivity index (χ3v) is 3.03. The zero-order valence-electron chi connectivity index (χ0n) is 9.95. The molecule has 0 N–H and O–H groups in total. The zero-order chi connectivity index (χ0) is 12.8. The molecule has 2 nitrogen and oxygen atoms in total. The molecule has 0 saturated carbocycles. The molecule has 0 aliphatic carbocycles. The van der Waals surface area contributed by atoms with Gasteiger partial charge in [-0.05, 0) is 35.0 Å². The number of benzene rings is 1. The average Bonchev–Trinajstić information content (AvgIpc) is 2.31. The van der Waals surface area contributed by atoms with Gasteiger partial charge in [0.25, 0.3) is 5.91 Å². The maximum atomic E-state index is 12.3. The molecule has 17 heavy (non-hydrogen) atoms. The molecule has 3 heteroatoms. The topological polar surface area (TPSA) is 20.3 Å². The smallest absolute Gasteiger partial charge is 0.255 e. The lowest BCUT2D eigenvalue weighted by Gasteiger charge is -2.20. The predicted octanol–water partition coefficient (Wildman–Crippen LogP) is 3.57. The van der Waals surface area contributed by atoms with E-state index < -0.39 is 0 Å². The minimum absolute atomic E-state index is 0.0135. The number of hydrogen-bond donors (Lipinski definition) is 0. The number of carbonyl (C=O) groups excluding carboxylic acids is 1. The molecule has 0 radical (unpaired) electrons. The fourth-order valence-corrected chi connectivity index (χ4v) is 1.94. The van der Waals surface area contributed by atoms with Crippen LogP contribution in [0.15, 0.2) is 48.0 Å². The first-order valence-electron chi connectivity index (χ1n) is 5.37. The quantitative estimate of drug-likeness (QED) is 0.760. The Morgan fingerprint density at radius 2 is 1.94 bits per heavy atom. The van der Waals surface area contributed by atoms with Crippen LogP contribution in [-0.2, 0) is 0 Å². The minimum Gasteiger partial charge on any atom is -0.331 e.